The van der Waals surface area contributed by atoms with E-state index in [1.807, 2.05) is 14.1 Å². The molecule has 0 spiro atoms. The van der Waals surface area contributed by atoms with E-state index >= 15 is 0 Å². The van der Waals surface area contributed by atoms with E-state index in [0.29, 0.717) is 12.1 Å². The highest BCUT2D eigenvalue weighted by Crippen LogP contribution is 2.18. The zero-order chi connectivity index (χ0) is 14.2. The predicted octanol–water partition coefficient (Wildman–Crippen LogP) is 1.47. The number of aromatic nitrogens is 3. The Morgan fingerprint density at radius 1 is 1.42 bits per heavy atom. The van der Waals surface area contributed by atoms with Crippen LogP contribution >= 0.6 is 0 Å². The molecule has 6 heteroatoms. The molecule has 0 aliphatic rings. The summed E-state index contributed by atoms with van der Waals surface area (Å²) in [7, 11) is 4.03. The Labute approximate surface area is 111 Å². The minimum absolute atomic E-state index is 0.0634. The molecule has 0 aliphatic carbocycles. The van der Waals surface area contributed by atoms with Gasteiger partial charge >= 0.3 is 5.97 Å². The predicted molar refractivity (Wildman–Crippen MR) is 72.3 cm³/mol. The summed E-state index contributed by atoms with van der Waals surface area (Å²) in [5, 5.41) is 17.1. The van der Waals surface area contributed by atoms with Crippen LogP contribution in [0.1, 0.15) is 24.2 Å². The van der Waals surface area contributed by atoms with Gasteiger partial charge in [-0.25, -0.2) is 9.48 Å². The molecule has 1 heterocycles. The van der Waals surface area contributed by atoms with Gasteiger partial charge in [0.25, 0.3) is 0 Å². The van der Waals surface area contributed by atoms with Crippen molar-refractivity contribution in [2.45, 2.75) is 25.9 Å². The zero-order valence-corrected chi connectivity index (χ0v) is 11.6. The Hall–Kier alpha value is -1.95. The van der Waals surface area contributed by atoms with Crippen LogP contribution in [0.25, 0.3) is 11.0 Å². The van der Waals surface area contributed by atoms with Gasteiger partial charge in [0, 0.05) is 5.54 Å². The van der Waals surface area contributed by atoms with Gasteiger partial charge < -0.3 is 10.0 Å². The van der Waals surface area contributed by atoms with Gasteiger partial charge in [0.05, 0.1) is 17.6 Å². The molecule has 19 heavy (non-hydrogen) atoms. The molecular formula is C13H18N4O2. The Morgan fingerprint density at radius 2 is 2.11 bits per heavy atom. The number of rotatable bonds is 4. The smallest absolute Gasteiger partial charge is 0.335 e. The summed E-state index contributed by atoms with van der Waals surface area (Å²) < 4.78 is 1.81. The van der Waals surface area contributed by atoms with Crippen LogP contribution in [0.15, 0.2) is 18.2 Å². The second kappa shape index (κ2) is 4.62. The molecule has 0 saturated heterocycles. The number of likely N-dealkylation sites (N-methyl/N-ethyl adjacent to an activating group) is 1. The van der Waals surface area contributed by atoms with Gasteiger partial charge in [0.1, 0.15) is 5.52 Å². The fourth-order valence-electron chi connectivity index (χ4n) is 1.73. The van der Waals surface area contributed by atoms with Gasteiger partial charge in [0.2, 0.25) is 0 Å². The van der Waals surface area contributed by atoms with Crippen LogP contribution in [0.4, 0.5) is 0 Å². The van der Waals surface area contributed by atoms with Crippen LogP contribution in [0.3, 0.4) is 0 Å². The van der Waals surface area contributed by atoms with Crippen LogP contribution in [-0.4, -0.2) is 50.6 Å². The average Bonchev–Trinajstić information content (AvgIpc) is 2.71. The lowest BCUT2D eigenvalue weighted by Gasteiger charge is -2.32. The summed E-state index contributed by atoms with van der Waals surface area (Å²) >= 11 is 0. The van der Waals surface area contributed by atoms with Gasteiger partial charge in [-0.1, -0.05) is 5.21 Å². The van der Waals surface area contributed by atoms with Crippen LogP contribution in [-0.2, 0) is 6.54 Å². The van der Waals surface area contributed by atoms with Crippen LogP contribution < -0.4 is 0 Å². The Kier molecular flexibility index (Phi) is 3.28. The third kappa shape index (κ3) is 2.58. The first-order valence-corrected chi connectivity index (χ1v) is 6.05. The van der Waals surface area contributed by atoms with Crippen molar-refractivity contribution in [1.29, 1.82) is 0 Å². The minimum atomic E-state index is -0.954. The van der Waals surface area contributed by atoms with E-state index in [4.69, 9.17) is 5.11 Å². The first-order valence-electron chi connectivity index (χ1n) is 6.05. The summed E-state index contributed by atoms with van der Waals surface area (Å²) in [6.07, 6.45) is 0. The molecule has 0 bridgehead atoms. The molecule has 0 saturated carbocycles. The standard InChI is InChI=1S/C13H18N4O2/c1-13(2,16(3)4)8-17-11-6-5-9(12(18)19)7-10(11)14-15-17/h5-7H,8H2,1-4H3,(H,18,19). The van der Waals surface area contributed by atoms with Crippen molar-refractivity contribution in [2.75, 3.05) is 14.1 Å². The summed E-state index contributed by atoms with van der Waals surface area (Å²) in [6.45, 7) is 4.92. The van der Waals surface area contributed by atoms with Crippen molar-refractivity contribution in [2.24, 2.45) is 0 Å². The number of benzene rings is 1. The zero-order valence-electron chi connectivity index (χ0n) is 11.6. The highest BCUT2D eigenvalue weighted by atomic mass is 16.4. The number of carboxylic acid groups (broad SMARTS) is 1. The van der Waals surface area contributed by atoms with Gasteiger partial charge in [0.15, 0.2) is 0 Å². The number of hydrogen-bond acceptors (Lipinski definition) is 4. The molecule has 2 rings (SSSR count). The van der Waals surface area contributed by atoms with Crippen molar-refractivity contribution >= 4 is 17.0 Å². The molecule has 0 aliphatic heterocycles. The minimum Gasteiger partial charge on any atom is -0.478 e. The SMILES string of the molecule is CN(C)C(C)(C)Cn1nnc2cc(C(=O)O)ccc21. The normalized spacial score (nSPS) is 12.3. The summed E-state index contributed by atoms with van der Waals surface area (Å²) in [5.74, 6) is -0.954. The maximum Gasteiger partial charge on any atom is 0.335 e. The molecule has 1 aromatic carbocycles. The largest absolute Gasteiger partial charge is 0.478 e. The maximum absolute atomic E-state index is 10.9. The van der Waals surface area contributed by atoms with Crippen molar-refractivity contribution in [3.8, 4) is 0 Å². The molecule has 6 nitrogen and oxygen atoms in total. The van der Waals surface area contributed by atoms with E-state index in [-0.39, 0.29) is 11.1 Å². The van der Waals surface area contributed by atoms with Crippen molar-refractivity contribution in [1.82, 2.24) is 19.9 Å². The van der Waals surface area contributed by atoms with Crippen LogP contribution in [0.5, 0.6) is 0 Å². The topological polar surface area (TPSA) is 71.2 Å². The lowest BCUT2D eigenvalue weighted by atomic mass is 10.0. The van der Waals surface area contributed by atoms with Crippen molar-refractivity contribution in [3.05, 3.63) is 23.8 Å². The van der Waals surface area contributed by atoms with Crippen molar-refractivity contribution in [3.63, 3.8) is 0 Å². The fraction of sp³-hybridized carbons (Fsp3) is 0.462. The third-order valence-corrected chi connectivity index (χ3v) is 3.51. The molecule has 0 amide bonds. The molecule has 0 radical (unpaired) electrons. The Balaban J connectivity index is 2.39. The second-order valence-electron chi connectivity index (χ2n) is 5.46. The molecule has 2 aromatic rings. The lowest BCUT2D eigenvalue weighted by molar-refractivity contribution is 0.0697. The van der Waals surface area contributed by atoms with E-state index < -0.39 is 5.97 Å². The van der Waals surface area contributed by atoms with Gasteiger partial charge in [-0.3, -0.25) is 0 Å². The van der Waals surface area contributed by atoms with Crippen LogP contribution in [0.2, 0.25) is 0 Å². The van der Waals surface area contributed by atoms with Crippen molar-refractivity contribution < 1.29 is 9.90 Å². The Bertz CT molecular complexity index is 616. The molecule has 0 fully saturated rings. The van der Waals surface area contributed by atoms with Gasteiger partial charge in [-0.05, 0) is 46.1 Å². The number of fused-ring (bicyclic) bond motifs is 1. The first-order chi connectivity index (χ1) is 8.81. The number of hydrogen-bond donors (Lipinski definition) is 1. The molecule has 0 unspecified atom stereocenters. The molecule has 1 N–H and O–H groups in total. The highest BCUT2D eigenvalue weighted by Gasteiger charge is 2.22. The Morgan fingerprint density at radius 3 is 2.68 bits per heavy atom. The van der Waals surface area contributed by atoms with Gasteiger partial charge in [-0.15, -0.1) is 5.10 Å². The third-order valence-electron chi connectivity index (χ3n) is 3.51. The highest BCUT2D eigenvalue weighted by molar-refractivity contribution is 5.92. The number of carbonyl (C=O) groups is 1. The van der Waals surface area contributed by atoms with Gasteiger partial charge in [-0.2, -0.15) is 0 Å². The summed E-state index contributed by atoms with van der Waals surface area (Å²) in [5.41, 5.74) is 1.62. The lowest BCUT2D eigenvalue weighted by Crippen LogP contribution is -2.42. The molecule has 0 atom stereocenters. The number of aromatic carboxylic acids is 1. The maximum atomic E-state index is 10.9. The van der Waals surface area contributed by atoms with E-state index in [9.17, 15) is 4.79 Å². The van der Waals surface area contributed by atoms with E-state index in [1.165, 1.54) is 0 Å². The summed E-state index contributed by atoms with van der Waals surface area (Å²) in [6, 6.07) is 4.88. The van der Waals surface area contributed by atoms with E-state index in [1.54, 1.807) is 22.9 Å². The molecule has 102 valence electrons. The molecule has 1 aromatic heterocycles. The second-order valence-corrected chi connectivity index (χ2v) is 5.46. The first kappa shape index (κ1) is 13.5. The average molecular weight is 262 g/mol. The summed E-state index contributed by atoms with van der Waals surface area (Å²) in [4.78, 5) is 13.0. The quantitative estimate of drug-likeness (QED) is 0.903. The monoisotopic (exact) mass is 262 g/mol. The number of nitrogens with zero attached hydrogens (tertiary/aromatic N) is 4. The van der Waals surface area contributed by atoms with Crippen LogP contribution in [0, 0.1) is 0 Å². The fourth-order valence-corrected chi connectivity index (χ4v) is 1.73. The van der Waals surface area contributed by atoms with E-state index in [0.717, 1.165) is 5.52 Å². The van der Waals surface area contributed by atoms with E-state index in [2.05, 4.69) is 29.1 Å². The number of carboxylic acids is 1. The molecular weight excluding hydrogens is 244 g/mol.